The zero-order valence-electron chi connectivity index (χ0n) is 10.6. The number of rotatable bonds is 6. The van der Waals surface area contributed by atoms with Crippen molar-refractivity contribution in [2.24, 2.45) is 0 Å². The predicted octanol–water partition coefficient (Wildman–Crippen LogP) is 3.37. The van der Waals surface area contributed by atoms with Gasteiger partial charge in [-0.3, -0.25) is 0 Å². The summed E-state index contributed by atoms with van der Waals surface area (Å²) in [6.07, 6.45) is 2.80. The van der Waals surface area contributed by atoms with E-state index in [2.05, 4.69) is 24.9 Å². The fourth-order valence-corrected chi connectivity index (χ4v) is 1.85. The Hall–Kier alpha value is -1.02. The first-order valence-electron chi connectivity index (χ1n) is 6.18. The molecule has 1 unspecified atom stereocenters. The van der Waals surface area contributed by atoms with Crippen molar-refractivity contribution in [2.75, 3.05) is 18.5 Å². The van der Waals surface area contributed by atoms with Crippen LogP contribution in [0.25, 0.3) is 0 Å². The molecule has 2 heteroatoms. The van der Waals surface area contributed by atoms with Crippen LogP contribution in [-0.2, 0) is 0 Å². The highest BCUT2D eigenvalue weighted by Gasteiger charge is 2.12. The summed E-state index contributed by atoms with van der Waals surface area (Å²) in [5, 5.41) is 9.96. The van der Waals surface area contributed by atoms with Crippen LogP contribution in [0.4, 0.5) is 5.69 Å². The molecule has 0 saturated carbocycles. The monoisotopic (exact) mass is 221 g/mol. The van der Waals surface area contributed by atoms with E-state index < -0.39 is 0 Å². The van der Waals surface area contributed by atoms with Crippen LogP contribution in [0.5, 0.6) is 0 Å². The van der Waals surface area contributed by atoms with Gasteiger partial charge in [-0.25, -0.2) is 0 Å². The summed E-state index contributed by atoms with van der Waals surface area (Å²) in [5.41, 5.74) is 2.20. The van der Waals surface area contributed by atoms with Gasteiger partial charge in [-0.2, -0.15) is 0 Å². The molecule has 0 radical (unpaired) electrons. The van der Waals surface area contributed by atoms with E-state index in [1.54, 1.807) is 0 Å². The molecular formula is C14H23NO. The Labute approximate surface area is 98.9 Å². The third-order valence-corrected chi connectivity index (χ3v) is 2.94. The van der Waals surface area contributed by atoms with Crippen molar-refractivity contribution in [1.82, 2.24) is 0 Å². The highest BCUT2D eigenvalue weighted by molar-refractivity contribution is 5.54. The van der Waals surface area contributed by atoms with Gasteiger partial charge in [-0.15, -0.1) is 0 Å². The lowest BCUT2D eigenvalue weighted by molar-refractivity contribution is 0.174. The third kappa shape index (κ3) is 3.24. The Morgan fingerprint density at radius 3 is 2.56 bits per heavy atom. The fourth-order valence-electron chi connectivity index (χ4n) is 1.85. The van der Waals surface area contributed by atoms with E-state index in [1.165, 1.54) is 12.8 Å². The van der Waals surface area contributed by atoms with Crippen molar-refractivity contribution in [3.05, 3.63) is 29.8 Å². The van der Waals surface area contributed by atoms with Crippen molar-refractivity contribution in [1.29, 1.82) is 0 Å². The minimum atomic E-state index is -0.347. The number of aliphatic hydroxyl groups excluding tert-OH is 1. The van der Waals surface area contributed by atoms with Crippen molar-refractivity contribution in [3.63, 3.8) is 0 Å². The van der Waals surface area contributed by atoms with Crippen molar-refractivity contribution in [3.8, 4) is 0 Å². The van der Waals surface area contributed by atoms with Crippen LogP contribution in [-0.4, -0.2) is 18.7 Å². The van der Waals surface area contributed by atoms with Crippen LogP contribution in [0.2, 0.25) is 0 Å². The van der Waals surface area contributed by atoms with E-state index >= 15 is 0 Å². The Balaban J connectivity index is 2.85. The number of nitrogens with zero attached hydrogens (tertiary/aromatic N) is 1. The summed E-state index contributed by atoms with van der Waals surface area (Å²) in [6, 6.07) is 8.13. The zero-order chi connectivity index (χ0) is 12.0. The van der Waals surface area contributed by atoms with Crippen LogP contribution >= 0.6 is 0 Å². The summed E-state index contributed by atoms with van der Waals surface area (Å²) >= 11 is 0. The molecule has 0 saturated heterocycles. The SMILES string of the molecule is CCCCN(C)c1ccccc1C(O)CC. The normalized spacial score (nSPS) is 12.5. The maximum absolute atomic E-state index is 9.96. The number of aliphatic hydroxyl groups is 1. The molecular weight excluding hydrogens is 198 g/mol. The van der Waals surface area contributed by atoms with Gasteiger partial charge in [0.1, 0.15) is 0 Å². The minimum absolute atomic E-state index is 0.347. The molecule has 1 atom stereocenters. The minimum Gasteiger partial charge on any atom is -0.388 e. The lowest BCUT2D eigenvalue weighted by atomic mass is 10.0. The van der Waals surface area contributed by atoms with E-state index in [0.717, 1.165) is 24.2 Å². The summed E-state index contributed by atoms with van der Waals surface area (Å²) in [7, 11) is 2.09. The van der Waals surface area contributed by atoms with Gasteiger partial charge in [0, 0.05) is 24.8 Å². The Morgan fingerprint density at radius 1 is 1.25 bits per heavy atom. The van der Waals surface area contributed by atoms with Gasteiger partial charge in [0.2, 0.25) is 0 Å². The quantitative estimate of drug-likeness (QED) is 0.796. The molecule has 0 amide bonds. The van der Waals surface area contributed by atoms with Crippen molar-refractivity contribution < 1.29 is 5.11 Å². The maximum atomic E-state index is 9.96. The Kier molecular flexibility index (Phi) is 5.33. The van der Waals surface area contributed by atoms with E-state index in [1.807, 2.05) is 25.1 Å². The van der Waals surface area contributed by atoms with Crippen LogP contribution in [0.3, 0.4) is 0 Å². The van der Waals surface area contributed by atoms with E-state index in [-0.39, 0.29) is 6.10 Å². The average molecular weight is 221 g/mol. The van der Waals surface area contributed by atoms with Crippen LogP contribution in [0, 0.1) is 0 Å². The predicted molar refractivity (Wildman–Crippen MR) is 69.9 cm³/mol. The van der Waals surface area contributed by atoms with Gasteiger partial charge in [0.25, 0.3) is 0 Å². The highest BCUT2D eigenvalue weighted by Crippen LogP contribution is 2.27. The molecule has 0 aliphatic carbocycles. The van der Waals surface area contributed by atoms with Crippen molar-refractivity contribution in [2.45, 2.75) is 39.2 Å². The number of unbranched alkanes of at least 4 members (excludes halogenated alkanes) is 1. The smallest absolute Gasteiger partial charge is 0.0807 e. The lowest BCUT2D eigenvalue weighted by Crippen LogP contribution is -2.20. The first kappa shape index (κ1) is 13.0. The molecule has 0 aliphatic rings. The van der Waals surface area contributed by atoms with Crippen molar-refractivity contribution >= 4 is 5.69 Å². The topological polar surface area (TPSA) is 23.5 Å². The number of hydrogen-bond acceptors (Lipinski definition) is 2. The largest absolute Gasteiger partial charge is 0.388 e. The molecule has 0 bridgehead atoms. The van der Waals surface area contributed by atoms with Gasteiger partial charge < -0.3 is 10.0 Å². The number of anilines is 1. The number of benzene rings is 1. The van der Waals surface area contributed by atoms with Gasteiger partial charge >= 0.3 is 0 Å². The molecule has 1 aromatic rings. The van der Waals surface area contributed by atoms with Gasteiger partial charge in [-0.1, -0.05) is 38.5 Å². The van der Waals surface area contributed by atoms with Gasteiger partial charge in [0.15, 0.2) is 0 Å². The molecule has 0 heterocycles. The molecule has 0 aromatic heterocycles. The number of hydrogen-bond donors (Lipinski definition) is 1. The zero-order valence-corrected chi connectivity index (χ0v) is 10.6. The summed E-state index contributed by atoms with van der Waals surface area (Å²) in [5.74, 6) is 0. The highest BCUT2D eigenvalue weighted by atomic mass is 16.3. The summed E-state index contributed by atoms with van der Waals surface area (Å²) in [6.45, 7) is 5.25. The average Bonchev–Trinajstić information content (AvgIpc) is 2.35. The van der Waals surface area contributed by atoms with Gasteiger partial charge in [0.05, 0.1) is 6.10 Å². The van der Waals surface area contributed by atoms with Gasteiger partial charge in [-0.05, 0) is 18.9 Å². The summed E-state index contributed by atoms with van der Waals surface area (Å²) in [4.78, 5) is 2.23. The van der Waals surface area contributed by atoms with Crippen LogP contribution in [0.1, 0.15) is 44.8 Å². The number of para-hydroxylation sites is 1. The first-order valence-corrected chi connectivity index (χ1v) is 6.18. The molecule has 0 aliphatic heterocycles. The molecule has 1 aromatic carbocycles. The maximum Gasteiger partial charge on any atom is 0.0807 e. The van der Waals surface area contributed by atoms with Crippen LogP contribution < -0.4 is 4.90 Å². The fraction of sp³-hybridized carbons (Fsp3) is 0.571. The molecule has 1 N–H and O–H groups in total. The Morgan fingerprint density at radius 2 is 1.94 bits per heavy atom. The Bertz CT molecular complexity index is 311. The standard InChI is InChI=1S/C14H23NO/c1-4-6-11-15(3)13-10-8-7-9-12(13)14(16)5-2/h7-10,14,16H,4-6,11H2,1-3H3. The first-order chi connectivity index (χ1) is 7.70. The molecule has 16 heavy (non-hydrogen) atoms. The molecule has 90 valence electrons. The van der Waals surface area contributed by atoms with E-state index in [0.29, 0.717) is 0 Å². The second-order valence-corrected chi connectivity index (χ2v) is 4.26. The second-order valence-electron chi connectivity index (χ2n) is 4.26. The molecule has 2 nitrogen and oxygen atoms in total. The lowest BCUT2D eigenvalue weighted by Gasteiger charge is -2.24. The molecule has 0 fully saturated rings. The second kappa shape index (κ2) is 6.54. The third-order valence-electron chi connectivity index (χ3n) is 2.94. The van der Waals surface area contributed by atoms with E-state index in [9.17, 15) is 5.11 Å². The summed E-state index contributed by atoms with van der Waals surface area (Å²) < 4.78 is 0. The molecule has 0 spiro atoms. The van der Waals surface area contributed by atoms with Crippen LogP contribution in [0.15, 0.2) is 24.3 Å². The molecule has 1 rings (SSSR count). The van der Waals surface area contributed by atoms with E-state index in [4.69, 9.17) is 0 Å².